The van der Waals surface area contributed by atoms with E-state index in [0.717, 1.165) is 11.1 Å². The molecule has 0 saturated carbocycles. The summed E-state index contributed by atoms with van der Waals surface area (Å²) in [4.78, 5) is 0. The maximum absolute atomic E-state index is 9.03. The molecule has 2 aromatic carbocycles. The third-order valence-corrected chi connectivity index (χ3v) is 3.04. The zero-order valence-electron chi connectivity index (χ0n) is 11.7. The quantitative estimate of drug-likeness (QED) is 0.879. The number of nitrogens with two attached hydrogens (primary N) is 1. The number of aliphatic hydroxyl groups excluding tert-OH is 1. The zero-order valence-corrected chi connectivity index (χ0v) is 11.7. The molecule has 0 heterocycles. The van der Waals surface area contributed by atoms with Crippen molar-refractivity contribution in [3.05, 3.63) is 53.6 Å². The van der Waals surface area contributed by atoms with Gasteiger partial charge in [-0.05, 0) is 36.8 Å². The Kier molecular flexibility index (Phi) is 4.61. The molecule has 0 aliphatic rings. The Morgan fingerprint density at radius 3 is 2.30 bits per heavy atom. The van der Waals surface area contributed by atoms with Crippen molar-refractivity contribution >= 4 is 0 Å². The van der Waals surface area contributed by atoms with Crippen LogP contribution in [0.4, 0.5) is 0 Å². The van der Waals surface area contributed by atoms with Crippen LogP contribution in [0.3, 0.4) is 0 Å². The predicted molar refractivity (Wildman–Crippen MR) is 78.0 cm³/mol. The van der Waals surface area contributed by atoms with Gasteiger partial charge in [-0.3, -0.25) is 0 Å². The second-order valence-corrected chi connectivity index (χ2v) is 4.56. The molecular formula is C16H19NO3. The molecule has 0 aliphatic heterocycles. The maximum atomic E-state index is 9.03. The van der Waals surface area contributed by atoms with E-state index in [9.17, 15) is 0 Å². The lowest BCUT2D eigenvalue weighted by Gasteiger charge is -2.17. The fourth-order valence-corrected chi connectivity index (χ4v) is 2.03. The molecule has 2 rings (SSSR count). The van der Waals surface area contributed by atoms with E-state index < -0.39 is 0 Å². The lowest BCUT2D eigenvalue weighted by Crippen LogP contribution is -2.08. The number of aliphatic hydroxyl groups is 1. The van der Waals surface area contributed by atoms with Gasteiger partial charge in [0.15, 0.2) is 0 Å². The summed E-state index contributed by atoms with van der Waals surface area (Å²) < 4.78 is 11.2. The highest BCUT2D eigenvalue weighted by atomic mass is 16.5. The molecule has 0 saturated heterocycles. The topological polar surface area (TPSA) is 64.7 Å². The second kappa shape index (κ2) is 6.41. The van der Waals surface area contributed by atoms with Gasteiger partial charge in [-0.25, -0.2) is 0 Å². The third-order valence-electron chi connectivity index (χ3n) is 3.04. The van der Waals surface area contributed by atoms with Crippen LogP contribution in [0.15, 0.2) is 42.5 Å². The van der Waals surface area contributed by atoms with Crippen LogP contribution in [0.1, 0.15) is 24.1 Å². The normalized spacial score (nSPS) is 12.0. The van der Waals surface area contributed by atoms with Crippen LogP contribution >= 0.6 is 0 Å². The van der Waals surface area contributed by atoms with Gasteiger partial charge in [0, 0.05) is 6.04 Å². The minimum absolute atomic E-state index is 0.0184. The first kappa shape index (κ1) is 14.4. The van der Waals surface area contributed by atoms with Crippen molar-refractivity contribution in [1.29, 1.82) is 0 Å². The summed E-state index contributed by atoms with van der Waals surface area (Å²) in [5.41, 5.74) is 7.67. The van der Waals surface area contributed by atoms with E-state index in [2.05, 4.69) is 0 Å². The molecule has 0 radical (unpaired) electrons. The summed E-state index contributed by atoms with van der Waals surface area (Å²) in [5, 5.41) is 9.03. The van der Waals surface area contributed by atoms with E-state index in [1.165, 1.54) is 0 Å². The van der Waals surface area contributed by atoms with Crippen molar-refractivity contribution in [1.82, 2.24) is 0 Å². The van der Waals surface area contributed by atoms with Crippen LogP contribution in [-0.2, 0) is 6.61 Å². The van der Waals surface area contributed by atoms with Crippen molar-refractivity contribution in [2.75, 3.05) is 7.11 Å². The zero-order chi connectivity index (χ0) is 14.5. The van der Waals surface area contributed by atoms with E-state index >= 15 is 0 Å². The highest BCUT2D eigenvalue weighted by Crippen LogP contribution is 2.35. The molecule has 0 aromatic heterocycles. The summed E-state index contributed by atoms with van der Waals surface area (Å²) in [6, 6.07) is 12.7. The monoisotopic (exact) mass is 273 g/mol. The van der Waals surface area contributed by atoms with Crippen LogP contribution < -0.4 is 15.2 Å². The number of methoxy groups -OCH3 is 1. The number of hydrogen-bond donors (Lipinski definition) is 2. The van der Waals surface area contributed by atoms with Gasteiger partial charge in [0.2, 0.25) is 0 Å². The minimum atomic E-state index is -0.196. The van der Waals surface area contributed by atoms with Gasteiger partial charge in [0.1, 0.15) is 17.2 Å². The lowest BCUT2D eigenvalue weighted by molar-refractivity contribution is 0.281. The highest BCUT2D eigenvalue weighted by molar-refractivity contribution is 5.48. The van der Waals surface area contributed by atoms with Crippen molar-refractivity contribution in [2.45, 2.75) is 19.6 Å². The van der Waals surface area contributed by atoms with Gasteiger partial charge >= 0.3 is 0 Å². The molecule has 0 aliphatic carbocycles. The van der Waals surface area contributed by atoms with Gasteiger partial charge in [0.25, 0.3) is 0 Å². The average Bonchev–Trinajstić information content (AvgIpc) is 2.47. The first-order valence-electron chi connectivity index (χ1n) is 6.46. The van der Waals surface area contributed by atoms with Gasteiger partial charge < -0.3 is 20.3 Å². The number of hydrogen-bond acceptors (Lipinski definition) is 4. The van der Waals surface area contributed by atoms with E-state index in [4.69, 9.17) is 20.3 Å². The molecule has 1 atom stereocenters. The first-order chi connectivity index (χ1) is 9.65. The number of benzene rings is 2. The molecule has 20 heavy (non-hydrogen) atoms. The van der Waals surface area contributed by atoms with Gasteiger partial charge in [0.05, 0.1) is 19.3 Å². The summed E-state index contributed by atoms with van der Waals surface area (Å²) in [5.74, 6) is 2.08. The Bertz CT molecular complexity index is 564. The van der Waals surface area contributed by atoms with E-state index in [-0.39, 0.29) is 12.6 Å². The summed E-state index contributed by atoms with van der Waals surface area (Å²) in [7, 11) is 1.61. The Morgan fingerprint density at radius 2 is 1.75 bits per heavy atom. The SMILES string of the molecule is COc1cccc(Oc2ccc(CO)cc2)c1[C@H](C)N. The van der Waals surface area contributed by atoms with Gasteiger partial charge in [-0.15, -0.1) is 0 Å². The summed E-state index contributed by atoms with van der Waals surface area (Å²) in [6.07, 6.45) is 0. The Morgan fingerprint density at radius 1 is 1.10 bits per heavy atom. The Hall–Kier alpha value is -2.04. The van der Waals surface area contributed by atoms with Crippen LogP contribution in [0.5, 0.6) is 17.2 Å². The molecule has 0 unspecified atom stereocenters. The molecule has 0 amide bonds. The average molecular weight is 273 g/mol. The largest absolute Gasteiger partial charge is 0.496 e. The smallest absolute Gasteiger partial charge is 0.135 e. The van der Waals surface area contributed by atoms with Gasteiger partial charge in [-0.1, -0.05) is 18.2 Å². The molecule has 106 valence electrons. The van der Waals surface area contributed by atoms with E-state index in [1.54, 1.807) is 7.11 Å². The fraction of sp³-hybridized carbons (Fsp3) is 0.250. The lowest BCUT2D eigenvalue weighted by atomic mass is 10.1. The molecular weight excluding hydrogens is 254 g/mol. The third kappa shape index (κ3) is 3.10. The standard InChI is InChI=1S/C16H19NO3/c1-11(17)16-14(19-2)4-3-5-15(16)20-13-8-6-12(10-18)7-9-13/h3-9,11,18H,10,17H2,1-2H3/t11-/m0/s1. The molecule has 0 spiro atoms. The number of rotatable bonds is 5. The van der Waals surface area contributed by atoms with Crippen LogP contribution in [0, 0.1) is 0 Å². The Labute approximate surface area is 118 Å². The van der Waals surface area contributed by atoms with E-state index in [1.807, 2.05) is 49.4 Å². The van der Waals surface area contributed by atoms with Crippen LogP contribution in [-0.4, -0.2) is 12.2 Å². The Balaban J connectivity index is 2.32. The molecule has 4 heteroatoms. The van der Waals surface area contributed by atoms with E-state index in [0.29, 0.717) is 17.2 Å². The summed E-state index contributed by atoms with van der Waals surface area (Å²) in [6.45, 7) is 1.91. The van der Waals surface area contributed by atoms with Crippen LogP contribution in [0.25, 0.3) is 0 Å². The van der Waals surface area contributed by atoms with Crippen molar-refractivity contribution in [3.8, 4) is 17.2 Å². The molecule has 3 N–H and O–H groups in total. The van der Waals surface area contributed by atoms with Gasteiger partial charge in [-0.2, -0.15) is 0 Å². The molecule has 0 bridgehead atoms. The maximum Gasteiger partial charge on any atom is 0.135 e. The minimum Gasteiger partial charge on any atom is -0.496 e. The molecule has 0 fully saturated rings. The van der Waals surface area contributed by atoms with Crippen molar-refractivity contribution < 1.29 is 14.6 Å². The number of ether oxygens (including phenoxy) is 2. The second-order valence-electron chi connectivity index (χ2n) is 4.56. The highest BCUT2D eigenvalue weighted by Gasteiger charge is 2.14. The molecule has 2 aromatic rings. The van der Waals surface area contributed by atoms with Crippen molar-refractivity contribution in [2.24, 2.45) is 5.73 Å². The summed E-state index contributed by atoms with van der Waals surface area (Å²) >= 11 is 0. The first-order valence-corrected chi connectivity index (χ1v) is 6.46. The van der Waals surface area contributed by atoms with Crippen LogP contribution in [0.2, 0.25) is 0 Å². The van der Waals surface area contributed by atoms with Crippen molar-refractivity contribution in [3.63, 3.8) is 0 Å². The molecule has 4 nitrogen and oxygen atoms in total. The fourth-order valence-electron chi connectivity index (χ4n) is 2.03. The predicted octanol–water partition coefficient (Wildman–Crippen LogP) is 3.00.